The quantitative estimate of drug-likeness (QED) is 0.672. The number of rotatable bonds is 3. The van der Waals surface area contributed by atoms with Gasteiger partial charge in [0.25, 0.3) is 0 Å². The van der Waals surface area contributed by atoms with Gasteiger partial charge in [-0.2, -0.15) is 0 Å². The smallest absolute Gasteiger partial charge is 0.238 e. The van der Waals surface area contributed by atoms with Crippen molar-refractivity contribution in [3.63, 3.8) is 0 Å². The molecule has 1 atom stereocenters. The Hall–Kier alpha value is -1.94. The normalized spacial score (nSPS) is 18.9. The van der Waals surface area contributed by atoms with Gasteiger partial charge in [-0.05, 0) is 71.1 Å². The lowest BCUT2D eigenvalue weighted by Crippen LogP contribution is -2.43. The third-order valence-corrected chi connectivity index (χ3v) is 5.68. The number of halogens is 2. The van der Waals surface area contributed by atoms with Crippen LogP contribution in [0.2, 0.25) is 0 Å². The van der Waals surface area contributed by atoms with Crippen LogP contribution in [0.5, 0.6) is 0 Å². The molecule has 1 fully saturated rings. The van der Waals surface area contributed by atoms with E-state index in [4.69, 9.17) is 0 Å². The summed E-state index contributed by atoms with van der Waals surface area (Å²) >= 11 is 3.41. The van der Waals surface area contributed by atoms with Gasteiger partial charge < -0.3 is 5.32 Å². The molecule has 2 amide bonds. The standard InChI is InChI=1S/C18H15FIN3O2S/c1-23-16(24)10-15(17(25)21-13-8-4-12(20)5-9-13)26-18(23)22-14-6-2-11(19)3-7-14/h2-9,15H,10H2,1H3,(H,21,25)/t15-/m1/s1. The summed E-state index contributed by atoms with van der Waals surface area (Å²) in [7, 11) is 1.62. The van der Waals surface area contributed by atoms with Crippen LogP contribution in [0.15, 0.2) is 53.5 Å². The molecule has 8 heteroatoms. The molecule has 2 aromatic rings. The number of benzene rings is 2. The van der Waals surface area contributed by atoms with Crippen molar-refractivity contribution in [1.82, 2.24) is 4.90 Å². The first-order valence-corrected chi connectivity index (χ1v) is 9.72. The molecule has 0 radical (unpaired) electrons. The molecule has 3 rings (SSSR count). The molecule has 1 saturated heterocycles. The molecular formula is C18H15FIN3O2S. The monoisotopic (exact) mass is 483 g/mol. The minimum atomic E-state index is -0.572. The van der Waals surface area contributed by atoms with Crippen molar-refractivity contribution in [3.05, 3.63) is 57.9 Å². The van der Waals surface area contributed by atoms with Crippen molar-refractivity contribution in [3.8, 4) is 0 Å². The van der Waals surface area contributed by atoms with Crippen molar-refractivity contribution in [2.24, 2.45) is 4.99 Å². The zero-order valence-electron chi connectivity index (χ0n) is 13.8. The van der Waals surface area contributed by atoms with Crippen LogP contribution in [-0.2, 0) is 9.59 Å². The van der Waals surface area contributed by atoms with Crippen molar-refractivity contribution >= 4 is 62.7 Å². The SMILES string of the molecule is CN1C(=O)C[C@H](C(=O)Nc2ccc(I)cc2)SC1=Nc1ccc(F)cc1. The molecule has 0 aliphatic carbocycles. The van der Waals surface area contributed by atoms with Gasteiger partial charge in [0.1, 0.15) is 11.1 Å². The van der Waals surface area contributed by atoms with Crippen molar-refractivity contribution in [1.29, 1.82) is 0 Å². The lowest BCUT2D eigenvalue weighted by atomic mass is 10.2. The van der Waals surface area contributed by atoms with E-state index in [2.05, 4.69) is 32.9 Å². The summed E-state index contributed by atoms with van der Waals surface area (Å²) in [6.07, 6.45) is 0.0970. The van der Waals surface area contributed by atoms with Crippen LogP contribution >= 0.6 is 34.4 Å². The Bertz CT molecular complexity index is 856. The van der Waals surface area contributed by atoms with E-state index in [9.17, 15) is 14.0 Å². The summed E-state index contributed by atoms with van der Waals surface area (Å²) in [6.45, 7) is 0. The van der Waals surface area contributed by atoms with Gasteiger partial charge in [0.05, 0.1) is 5.69 Å². The maximum Gasteiger partial charge on any atom is 0.238 e. The van der Waals surface area contributed by atoms with E-state index < -0.39 is 5.25 Å². The van der Waals surface area contributed by atoms with E-state index in [1.165, 1.54) is 40.9 Å². The third-order valence-electron chi connectivity index (χ3n) is 3.72. The molecule has 0 aromatic heterocycles. The summed E-state index contributed by atoms with van der Waals surface area (Å²) in [5, 5.41) is 2.67. The summed E-state index contributed by atoms with van der Waals surface area (Å²) in [5.74, 6) is -0.790. The van der Waals surface area contributed by atoms with Gasteiger partial charge in [-0.15, -0.1) is 0 Å². The van der Waals surface area contributed by atoms with E-state index in [0.717, 1.165) is 3.57 Å². The number of hydrogen-bond acceptors (Lipinski definition) is 4. The molecule has 5 nitrogen and oxygen atoms in total. The highest BCUT2D eigenvalue weighted by atomic mass is 127. The summed E-state index contributed by atoms with van der Waals surface area (Å²) in [6, 6.07) is 13.1. The van der Waals surface area contributed by atoms with Gasteiger partial charge in [0.15, 0.2) is 5.17 Å². The lowest BCUT2D eigenvalue weighted by Gasteiger charge is -2.28. The van der Waals surface area contributed by atoms with Gasteiger partial charge in [0, 0.05) is 22.7 Å². The van der Waals surface area contributed by atoms with Gasteiger partial charge >= 0.3 is 0 Å². The molecule has 1 aliphatic heterocycles. The van der Waals surface area contributed by atoms with Crippen LogP contribution in [0, 0.1) is 9.39 Å². The maximum absolute atomic E-state index is 13.0. The molecular weight excluding hydrogens is 468 g/mol. The van der Waals surface area contributed by atoms with Gasteiger partial charge in [-0.1, -0.05) is 11.8 Å². The highest BCUT2D eigenvalue weighted by molar-refractivity contribution is 14.1. The van der Waals surface area contributed by atoms with Crippen LogP contribution in [0.1, 0.15) is 6.42 Å². The minimum Gasteiger partial charge on any atom is -0.325 e. The van der Waals surface area contributed by atoms with Crippen molar-refractivity contribution in [2.45, 2.75) is 11.7 Å². The van der Waals surface area contributed by atoms with E-state index in [1.54, 1.807) is 7.05 Å². The summed E-state index contributed by atoms with van der Waals surface area (Å²) in [5.41, 5.74) is 1.20. The fourth-order valence-corrected chi connectivity index (χ4v) is 3.70. The fourth-order valence-electron chi connectivity index (χ4n) is 2.28. The first-order chi connectivity index (χ1) is 12.4. The van der Waals surface area contributed by atoms with E-state index in [0.29, 0.717) is 16.5 Å². The second-order valence-corrected chi connectivity index (χ2v) is 8.05. The Morgan fingerprint density at radius 3 is 2.54 bits per heavy atom. The Balaban J connectivity index is 1.76. The molecule has 134 valence electrons. The predicted molar refractivity (Wildman–Crippen MR) is 110 cm³/mol. The molecule has 0 unspecified atom stereocenters. The first kappa shape index (κ1) is 18.8. The number of anilines is 1. The molecule has 2 aromatic carbocycles. The van der Waals surface area contributed by atoms with E-state index >= 15 is 0 Å². The Morgan fingerprint density at radius 2 is 1.88 bits per heavy atom. The van der Waals surface area contributed by atoms with E-state index in [1.807, 2.05) is 24.3 Å². The number of thioether (sulfide) groups is 1. The summed E-state index contributed by atoms with van der Waals surface area (Å²) in [4.78, 5) is 30.6. The average molecular weight is 483 g/mol. The number of carbonyl (C=O) groups is 2. The molecule has 26 heavy (non-hydrogen) atoms. The lowest BCUT2D eigenvalue weighted by molar-refractivity contribution is -0.128. The number of carbonyl (C=O) groups excluding carboxylic acids is 2. The van der Waals surface area contributed by atoms with Crippen molar-refractivity contribution < 1.29 is 14.0 Å². The number of amidine groups is 1. The summed E-state index contributed by atoms with van der Waals surface area (Å²) < 4.78 is 14.1. The van der Waals surface area contributed by atoms with Crippen LogP contribution in [0.4, 0.5) is 15.8 Å². The van der Waals surface area contributed by atoms with Crippen LogP contribution in [-0.4, -0.2) is 34.2 Å². The zero-order valence-corrected chi connectivity index (χ0v) is 16.8. The van der Waals surface area contributed by atoms with E-state index in [-0.39, 0.29) is 24.1 Å². The first-order valence-electron chi connectivity index (χ1n) is 7.76. The number of nitrogens with zero attached hydrogens (tertiary/aromatic N) is 2. The fraction of sp³-hybridized carbons (Fsp3) is 0.167. The van der Waals surface area contributed by atoms with Crippen LogP contribution in [0.3, 0.4) is 0 Å². The molecule has 0 spiro atoms. The van der Waals surface area contributed by atoms with Crippen molar-refractivity contribution in [2.75, 3.05) is 12.4 Å². The predicted octanol–water partition coefficient (Wildman–Crippen LogP) is 4.02. The highest BCUT2D eigenvalue weighted by Crippen LogP contribution is 2.29. The molecule has 1 N–H and O–H groups in total. The second kappa shape index (κ2) is 8.17. The Morgan fingerprint density at radius 1 is 1.23 bits per heavy atom. The van der Waals surface area contributed by atoms with Gasteiger partial charge in [-0.3, -0.25) is 14.5 Å². The number of amides is 2. The number of nitrogens with one attached hydrogen (secondary N) is 1. The number of aliphatic imine (C=N–C) groups is 1. The van der Waals surface area contributed by atoms with Crippen LogP contribution < -0.4 is 5.32 Å². The number of hydrogen-bond donors (Lipinski definition) is 1. The zero-order chi connectivity index (χ0) is 18.7. The molecule has 0 bridgehead atoms. The van der Waals surface area contributed by atoms with Gasteiger partial charge in [0.2, 0.25) is 11.8 Å². The third kappa shape index (κ3) is 4.61. The topological polar surface area (TPSA) is 61.8 Å². The highest BCUT2D eigenvalue weighted by Gasteiger charge is 2.34. The largest absolute Gasteiger partial charge is 0.325 e. The molecule has 0 saturated carbocycles. The maximum atomic E-state index is 13.0. The minimum absolute atomic E-state index is 0.0970. The Kier molecular flexibility index (Phi) is 5.92. The Labute approximate surface area is 168 Å². The van der Waals surface area contributed by atoms with Gasteiger partial charge in [-0.25, -0.2) is 9.38 Å². The van der Waals surface area contributed by atoms with Crippen LogP contribution in [0.25, 0.3) is 0 Å². The average Bonchev–Trinajstić information content (AvgIpc) is 2.62. The second-order valence-electron chi connectivity index (χ2n) is 5.63. The molecule has 1 heterocycles. The molecule has 1 aliphatic rings.